The third-order valence-electron chi connectivity index (χ3n) is 6.70. The Labute approximate surface area is 212 Å². The zero-order valence-electron chi connectivity index (χ0n) is 23.3. The van der Waals surface area contributed by atoms with Crippen molar-refractivity contribution in [3.8, 4) is 0 Å². The van der Waals surface area contributed by atoms with Crippen LogP contribution in [0.15, 0.2) is 12.4 Å². The fourth-order valence-electron chi connectivity index (χ4n) is 4.80. The zero-order valence-corrected chi connectivity index (χ0v) is 24.3. The van der Waals surface area contributed by atoms with Gasteiger partial charge in [-0.2, -0.15) is 0 Å². The summed E-state index contributed by atoms with van der Waals surface area (Å²) in [5, 5.41) is 0. The van der Waals surface area contributed by atoms with Crippen molar-refractivity contribution in [1.29, 1.82) is 0 Å². The highest BCUT2D eigenvalue weighted by Crippen LogP contribution is 2.23. The molecule has 0 saturated carbocycles. The molecule has 0 fully saturated rings. The first-order valence-corrected chi connectivity index (χ1v) is 16.5. The van der Waals surface area contributed by atoms with Gasteiger partial charge in [0, 0.05) is 50.7 Å². The Kier molecular flexibility index (Phi) is 18.9. The van der Waals surface area contributed by atoms with E-state index in [-0.39, 0.29) is 0 Å². The van der Waals surface area contributed by atoms with E-state index in [4.69, 9.17) is 13.3 Å². The lowest BCUT2D eigenvalue weighted by Crippen LogP contribution is -2.46. The predicted molar refractivity (Wildman–Crippen MR) is 146 cm³/mol. The quantitative estimate of drug-likeness (QED) is 0.106. The van der Waals surface area contributed by atoms with E-state index in [1.54, 1.807) is 0 Å². The normalized spacial score (nSPS) is 13.0. The average molecular weight is 497 g/mol. The Morgan fingerprint density at radius 3 is 1.68 bits per heavy atom. The van der Waals surface area contributed by atoms with Gasteiger partial charge in [-0.1, -0.05) is 90.4 Å². The van der Waals surface area contributed by atoms with E-state index in [1.807, 2.05) is 27.0 Å². The first kappa shape index (κ1) is 31.3. The molecule has 0 saturated heterocycles. The lowest BCUT2D eigenvalue weighted by molar-refractivity contribution is 0.0712. The van der Waals surface area contributed by atoms with E-state index in [9.17, 15) is 0 Å². The van der Waals surface area contributed by atoms with E-state index in [0.29, 0.717) is 25.9 Å². The van der Waals surface area contributed by atoms with Crippen molar-refractivity contribution in [1.82, 2.24) is 9.55 Å². The molecular formula is C28H56N2O3Si. The van der Waals surface area contributed by atoms with Gasteiger partial charge in [-0.15, -0.1) is 0 Å². The summed E-state index contributed by atoms with van der Waals surface area (Å²) in [6, 6.07) is 1.26. The summed E-state index contributed by atoms with van der Waals surface area (Å²) in [4.78, 5) is 4.65. The molecule has 1 atom stereocenters. The van der Waals surface area contributed by atoms with Crippen LogP contribution in [0.3, 0.4) is 0 Å². The van der Waals surface area contributed by atoms with Gasteiger partial charge in [0.2, 0.25) is 0 Å². The van der Waals surface area contributed by atoms with E-state index < -0.39 is 8.80 Å². The topological polar surface area (TPSA) is 45.5 Å². The van der Waals surface area contributed by atoms with Gasteiger partial charge < -0.3 is 17.8 Å². The number of aromatic nitrogens is 2. The second-order valence-electron chi connectivity index (χ2n) is 9.61. The molecule has 0 N–H and O–H groups in total. The van der Waals surface area contributed by atoms with Crippen molar-refractivity contribution in [2.24, 2.45) is 0 Å². The summed E-state index contributed by atoms with van der Waals surface area (Å²) in [6.07, 6.45) is 24.4. The minimum Gasteiger partial charge on any atom is -0.374 e. The van der Waals surface area contributed by atoms with Crippen molar-refractivity contribution in [2.45, 2.75) is 143 Å². The molecule has 0 spiro atoms. The molecule has 0 aliphatic carbocycles. The van der Waals surface area contributed by atoms with Crippen LogP contribution >= 0.6 is 0 Å². The number of rotatable bonds is 24. The zero-order chi connectivity index (χ0) is 24.9. The van der Waals surface area contributed by atoms with Crippen molar-refractivity contribution in [3.63, 3.8) is 0 Å². The minimum absolute atomic E-state index is 0.479. The van der Waals surface area contributed by atoms with Crippen LogP contribution in [0, 0.1) is 0 Å². The van der Waals surface area contributed by atoms with Crippen LogP contribution in [0.1, 0.15) is 136 Å². The summed E-state index contributed by atoms with van der Waals surface area (Å²) in [5.74, 6) is 1.12. The molecule has 1 rings (SSSR count). The second kappa shape index (κ2) is 20.5. The second-order valence-corrected chi connectivity index (χ2v) is 12.3. The molecule has 0 radical (unpaired) electrons. The number of nitrogens with zero attached hydrogens (tertiary/aromatic N) is 2. The molecular weight excluding hydrogens is 440 g/mol. The van der Waals surface area contributed by atoms with E-state index in [0.717, 1.165) is 18.3 Å². The summed E-state index contributed by atoms with van der Waals surface area (Å²) >= 11 is 0. The van der Waals surface area contributed by atoms with Crippen molar-refractivity contribution >= 4 is 8.80 Å². The molecule has 0 amide bonds. The standard InChI is InChI=1S/C28H56N2O3Si/c1-6-10-11-12-13-14-15-16-17-18-19-20-21-22-27(5)30-25-24-29-28(30)23-26-34(31-7-2,32-8-3)33-9-4/h24-25,27H,6-23,26H2,1-5H3. The Morgan fingerprint density at radius 2 is 1.21 bits per heavy atom. The molecule has 0 bridgehead atoms. The monoisotopic (exact) mass is 496 g/mol. The molecule has 5 nitrogen and oxygen atoms in total. The highest BCUT2D eigenvalue weighted by Gasteiger charge is 2.40. The molecule has 1 unspecified atom stereocenters. The number of hydrogen-bond donors (Lipinski definition) is 0. The molecule has 0 aliphatic heterocycles. The summed E-state index contributed by atoms with van der Waals surface area (Å²) in [6.45, 7) is 12.5. The molecule has 34 heavy (non-hydrogen) atoms. The maximum absolute atomic E-state index is 6.02. The average Bonchev–Trinajstić information content (AvgIpc) is 3.30. The first-order valence-electron chi connectivity index (χ1n) is 14.6. The van der Waals surface area contributed by atoms with Crippen LogP contribution in [0.2, 0.25) is 6.04 Å². The maximum atomic E-state index is 6.02. The molecule has 1 aromatic heterocycles. The smallest absolute Gasteiger partial charge is 0.374 e. The van der Waals surface area contributed by atoms with Crippen LogP contribution in [0.5, 0.6) is 0 Å². The molecule has 1 aromatic rings. The van der Waals surface area contributed by atoms with Crippen LogP contribution in [-0.4, -0.2) is 38.2 Å². The predicted octanol–water partition coefficient (Wildman–Crippen LogP) is 8.52. The van der Waals surface area contributed by atoms with E-state index in [1.165, 1.54) is 89.9 Å². The van der Waals surface area contributed by atoms with Gasteiger partial charge >= 0.3 is 8.80 Å². The van der Waals surface area contributed by atoms with Crippen LogP contribution < -0.4 is 0 Å². The third-order valence-corrected chi connectivity index (χ3v) is 9.74. The SMILES string of the molecule is CCCCCCCCCCCCCCCC(C)n1ccnc1CC[Si](OCC)(OCC)OCC. The number of hydrogen-bond acceptors (Lipinski definition) is 4. The largest absolute Gasteiger partial charge is 0.501 e. The fraction of sp³-hybridized carbons (Fsp3) is 0.893. The van der Waals surface area contributed by atoms with E-state index in [2.05, 4.69) is 29.6 Å². The minimum atomic E-state index is -2.62. The lowest BCUT2D eigenvalue weighted by Gasteiger charge is -2.28. The number of aryl methyl sites for hydroxylation is 1. The van der Waals surface area contributed by atoms with Gasteiger partial charge in [-0.3, -0.25) is 0 Å². The highest BCUT2D eigenvalue weighted by molar-refractivity contribution is 6.60. The maximum Gasteiger partial charge on any atom is 0.501 e. The summed E-state index contributed by atoms with van der Waals surface area (Å²) < 4.78 is 20.4. The molecule has 1 heterocycles. The third kappa shape index (κ3) is 13.4. The van der Waals surface area contributed by atoms with Gasteiger partial charge in [0.15, 0.2) is 0 Å². The van der Waals surface area contributed by atoms with Crippen molar-refractivity contribution < 1.29 is 13.3 Å². The number of unbranched alkanes of at least 4 members (excludes halogenated alkanes) is 12. The Morgan fingerprint density at radius 1 is 0.735 bits per heavy atom. The summed E-state index contributed by atoms with van der Waals surface area (Å²) in [5.41, 5.74) is 0. The Balaban J connectivity index is 2.25. The molecule has 0 aromatic carbocycles. The van der Waals surface area contributed by atoms with Gasteiger partial charge in [0.25, 0.3) is 0 Å². The van der Waals surface area contributed by atoms with E-state index >= 15 is 0 Å². The number of imidazole rings is 1. The first-order chi connectivity index (χ1) is 16.6. The Bertz CT molecular complexity index is 565. The molecule has 0 aliphatic rings. The molecule has 6 heteroatoms. The van der Waals surface area contributed by atoms with Crippen LogP contribution in [0.25, 0.3) is 0 Å². The summed E-state index contributed by atoms with van der Waals surface area (Å²) in [7, 11) is -2.62. The van der Waals surface area contributed by atoms with Gasteiger partial charge in [0.05, 0.1) is 0 Å². The van der Waals surface area contributed by atoms with Crippen molar-refractivity contribution in [2.75, 3.05) is 19.8 Å². The van der Waals surface area contributed by atoms with Crippen LogP contribution in [0.4, 0.5) is 0 Å². The van der Waals surface area contributed by atoms with Gasteiger partial charge in [-0.25, -0.2) is 4.98 Å². The fourth-order valence-corrected chi connectivity index (χ4v) is 7.33. The van der Waals surface area contributed by atoms with Gasteiger partial charge in [0.1, 0.15) is 5.82 Å². The Hall–Kier alpha value is -0.693. The molecule has 200 valence electrons. The van der Waals surface area contributed by atoms with Crippen LogP contribution in [-0.2, 0) is 19.7 Å². The lowest BCUT2D eigenvalue weighted by atomic mass is 10.0. The van der Waals surface area contributed by atoms with Gasteiger partial charge in [-0.05, 0) is 34.1 Å². The highest BCUT2D eigenvalue weighted by atomic mass is 28.4. The van der Waals surface area contributed by atoms with Crippen molar-refractivity contribution in [3.05, 3.63) is 18.2 Å².